The molecule has 3 aromatic rings. The summed E-state index contributed by atoms with van der Waals surface area (Å²) in [7, 11) is 0. The summed E-state index contributed by atoms with van der Waals surface area (Å²) in [5, 5.41) is 19.0. The number of hydrogen-bond acceptors (Lipinski definition) is 5. The Kier molecular flexibility index (Phi) is 3.63. The van der Waals surface area contributed by atoms with Crippen molar-refractivity contribution < 1.29 is 0 Å². The van der Waals surface area contributed by atoms with Crippen LogP contribution >= 0.6 is 0 Å². The van der Waals surface area contributed by atoms with Gasteiger partial charge in [0.2, 0.25) is 0 Å². The van der Waals surface area contributed by atoms with Crippen LogP contribution in [0.5, 0.6) is 0 Å². The van der Waals surface area contributed by atoms with Crippen molar-refractivity contribution in [2.75, 3.05) is 5.32 Å². The maximum absolute atomic E-state index is 4.34. The Balaban J connectivity index is 1.76. The Morgan fingerprint density at radius 3 is 2.81 bits per heavy atom. The molecule has 0 amide bonds. The van der Waals surface area contributed by atoms with Crippen molar-refractivity contribution in [1.29, 1.82) is 0 Å². The molecule has 0 saturated heterocycles. The number of nitrogens with zero attached hydrogens (tertiary/aromatic N) is 6. The van der Waals surface area contributed by atoms with Crippen LogP contribution in [0.2, 0.25) is 0 Å². The molecule has 0 aliphatic heterocycles. The Bertz CT molecular complexity index is 700. The fourth-order valence-electron chi connectivity index (χ4n) is 2.04. The molecule has 7 heteroatoms. The van der Waals surface area contributed by atoms with E-state index < -0.39 is 0 Å². The third-order valence-electron chi connectivity index (χ3n) is 3.17. The standard InChI is InChI=1S/C14H17N7/c1-11(2)20-9-12(8-17-20)7-15-13-5-3-4-6-14(13)21-10-16-18-19-21/h3-6,8-11,15H,7H2,1-2H3. The van der Waals surface area contributed by atoms with Gasteiger partial charge in [0.25, 0.3) is 0 Å². The maximum atomic E-state index is 4.34. The fourth-order valence-corrected chi connectivity index (χ4v) is 2.04. The Morgan fingerprint density at radius 1 is 1.24 bits per heavy atom. The Hall–Kier alpha value is -2.70. The first kappa shape index (κ1) is 13.3. The van der Waals surface area contributed by atoms with Crippen LogP contribution in [0.1, 0.15) is 25.5 Å². The first-order chi connectivity index (χ1) is 10.2. The van der Waals surface area contributed by atoms with Gasteiger partial charge in [0.05, 0.1) is 17.6 Å². The second-order valence-electron chi connectivity index (χ2n) is 5.05. The number of anilines is 1. The molecule has 0 aliphatic rings. The molecule has 0 atom stereocenters. The molecule has 0 fully saturated rings. The molecule has 1 aromatic carbocycles. The van der Waals surface area contributed by atoms with Gasteiger partial charge in [-0.15, -0.1) is 5.10 Å². The third-order valence-corrected chi connectivity index (χ3v) is 3.17. The van der Waals surface area contributed by atoms with E-state index in [1.54, 1.807) is 11.0 Å². The van der Waals surface area contributed by atoms with Gasteiger partial charge in [-0.05, 0) is 36.4 Å². The van der Waals surface area contributed by atoms with Gasteiger partial charge in [0.1, 0.15) is 6.33 Å². The van der Waals surface area contributed by atoms with Crippen LogP contribution in [0.25, 0.3) is 5.69 Å². The summed E-state index contributed by atoms with van der Waals surface area (Å²) >= 11 is 0. The second-order valence-corrected chi connectivity index (χ2v) is 5.05. The van der Waals surface area contributed by atoms with Crippen LogP contribution in [0.15, 0.2) is 43.0 Å². The summed E-state index contributed by atoms with van der Waals surface area (Å²) in [6.07, 6.45) is 5.52. The summed E-state index contributed by atoms with van der Waals surface area (Å²) in [4.78, 5) is 0. The highest BCUT2D eigenvalue weighted by molar-refractivity contribution is 5.60. The minimum atomic E-state index is 0.368. The van der Waals surface area contributed by atoms with E-state index in [0.717, 1.165) is 16.9 Å². The molecule has 0 radical (unpaired) electrons. The van der Waals surface area contributed by atoms with Gasteiger partial charge in [-0.25, -0.2) is 0 Å². The zero-order valence-electron chi connectivity index (χ0n) is 12.0. The quantitative estimate of drug-likeness (QED) is 0.775. The molecule has 7 nitrogen and oxygen atoms in total. The highest BCUT2D eigenvalue weighted by Gasteiger charge is 2.06. The van der Waals surface area contributed by atoms with Crippen LogP contribution in [0.3, 0.4) is 0 Å². The molecule has 0 spiro atoms. The van der Waals surface area contributed by atoms with Gasteiger partial charge in [-0.1, -0.05) is 12.1 Å². The van der Waals surface area contributed by atoms with Gasteiger partial charge in [-0.3, -0.25) is 4.68 Å². The van der Waals surface area contributed by atoms with E-state index >= 15 is 0 Å². The highest BCUT2D eigenvalue weighted by atomic mass is 15.5. The van der Waals surface area contributed by atoms with Crippen LogP contribution in [0.4, 0.5) is 5.69 Å². The number of nitrogens with one attached hydrogen (secondary N) is 1. The van der Waals surface area contributed by atoms with Crippen LogP contribution in [0, 0.1) is 0 Å². The topological polar surface area (TPSA) is 73.5 Å². The minimum absolute atomic E-state index is 0.368. The predicted molar refractivity (Wildman–Crippen MR) is 79.1 cm³/mol. The molecule has 0 bridgehead atoms. The SMILES string of the molecule is CC(C)n1cc(CNc2ccccc2-n2cnnn2)cn1. The van der Waals surface area contributed by atoms with Gasteiger partial charge >= 0.3 is 0 Å². The zero-order valence-corrected chi connectivity index (χ0v) is 12.0. The van der Waals surface area contributed by atoms with Crippen LogP contribution < -0.4 is 5.32 Å². The monoisotopic (exact) mass is 283 g/mol. The Labute approximate surface area is 122 Å². The van der Waals surface area contributed by atoms with Crippen molar-refractivity contribution in [1.82, 2.24) is 30.0 Å². The van der Waals surface area contributed by atoms with E-state index in [9.17, 15) is 0 Å². The molecule has 0 unspecified atom stereocenters. The van der Waals surface area contributed by atoms with Gasteiger partial charge in [0.15, 0.2) is 0 Å². The fraction of sp³-hybridized carbons (Fsp3) is 0.286. The van der Waals surface area contributed by atoms with Gasteiger partial charge < -0.3 is 5.32 Å². The molecule has 1 N–H and O–H groups in total. The summed E-state index contributed by atoms with van der Waals surface area (Å²) in [6, 6.07) is 8.28. The summed E-state index contributed by atoms with van der Waals surface area (Å²) in [5.74, 6) is 0. The first-order valence-electron chi connectivity index (χ1n) is 6.83. The van der Waals surface area contributed by atoms with Gasteiger partial charge in [-0.2, -0.15) is 9.78 Å². The summed E-state index contributed by atoms with van der Waals surface area (Å²) in [6.45, 7) is 4.92. The van der Waals surface area contributed by atoms with Crippen molar-refractivity contribution in [2.24, 2.45) is 0 Å². The molecule has 108 valence electrons. The molecule has 0 aliphatic carbocycles. The molecule has 3 rings (SSSR count). The predicted octanol–water partition coefficient (Wildman–Crippen LogP) is 2.05. The Morgan fingerprint density at radius 2 is 2.10 bits per heavy atom. The van der Waals surface area contributed by atoms with E-state index in [0.29, 0.717) is 12.6 Å². The molecule has 0 saturated carbocycles. The smallest absolute Gasteiger partial charge is 0.143 e. The lowest BCUT2D eigenvalue weighted by Gasteiger charge is -2.10. The number of benzene rings is 1. The lowest BCUT2D eigenvalue weighted by atomic mass is 10.2. The maximum Gasteiger partial charge on any atom is 0.143 e. The summed E-state index contributed by atoms with van der Waals surface area (Å²) in [5.41, 5.74) is 3.02. The first-order valence-corrected chi connectivity index (χ1v) is 6.83. The molecular weight excluding hydrogens is 266 g/mol. The lowest BCUT2D eigenvalue weighted by Crippen LogP contribution is -2.05. The van der Waals surface area contributed by atoms with Crippen LogP contribution in [-0.2, 0) is 6.54 Å². The van der Waals surface area contributed by atoms with E-state index in [2.05, 4.69) is 46.0 Å². The number of tetrazole rings is 1. The molecule has 2 heterocycles. The second kappa shape index (κ2) is 5.74. The largest absolute Gasteiger partial charge is 0.379 e. The van der Waals surface area contributed by atoms with Crippen molar-refractivity contribution in [3.63, 3.8) is 0 Å². The molecular formula is C14H17N7. The molecule has 2 aromatic heterocycles. The lowest BCUT2D eigenvalue weighted by molar-refractivity contribution is 0.532. The summed E-state index contributed by atoms with van der Waals surface area (Å²) < 4.78 is 3.59. The van der Waals surface area contributed by atoms with E-state index in [1.807, 2.05) is 35.1 Å². The van der Waals surface area contributed by atoms with Crippen molar-refractivity contribution >= 4 is 5.69 Å². The highest BCUT2D eigenvalue weighted by Crippen LogP contribution is 2.19. The van der Waals surface area contributed by atoms with Crippen LogP contribution in [-0.4, -0.2) is 30.0 Å². The van der Waals surface area contributed by atoms with Crippen molar-refractivity contribution in [3.05, 3.63) is 48.5 Å². The normalized spacial score (nSPS) is 11.0. The van der Waals surface area contributed by atoms with Gasteiger partial charge in [0, 0.05) is 24.3 Å². The minimum Gasteiger partial charge on any atom is -0.379 e. The van der Waals surface area contributed by atoms with E-state index in [4.69, 9.17) is 0 Å². The van der Waals surface area contributed by atoms with E-state index in [-0.39, 0.29) is 0 Å². The number of hydrogen-bond donors (Lipinski definition) is 1. The number of para-hydroxylation sites is 2. The third kappa shape index (κ3) is 2.91. The number of rotatable bonds is 5. The average molecular weight is 283 g/mol. The number of aromatic nitrogens is 6. The molecule has 21 heavy (non-hydrogen) atoms. The zero-order chi connectivity index (χ0) is 14.7. The van der Waals surface area contributed by atoms with E-state index in [1.165, 1.54) is 0 Å². The average Bonchev–Trinajstić information content (AvgIpc) is 3.17. The van der Waals surface area contributed by atoms with Crippen molar-refractivity contribution in [3.8, 4) is 5.69 Å². The van der Waals surface area contributed by atoms with Crippen molar-refractivity contribution in [2.45, 2.75) is 26.4 Å².